The van der Waals surface area contributed by atoms with Crippen molar-refractivity contribution in [2.24, 2.45) is 12.8 Å². The molecule has 0 fully saturated rings. The third kappa shape index (κ3) is 6.38. The summed E-state index contributed by atoms with van der Waals surface area (Å²) in [5.41, 5.74) is 5.97. The van der Waals surface area contributed by atoms with Gasteiger partial charge in [-0.15, -0.1) is 10.2 Å². The standard InChI is InChI=1S/C21H21Cl2N5O3S/c1-28-18(7-4-10-31-17-9-8-13(22)11-15(17)23)26-27-21(28)32-12-19(29)25-16-6-3-2-5-14(16)20(24)30/h2-3,5-6,8-9,11H,4,7,10,12H2,1H3,(H2,24,30)(H,25,29). The Labute approximate surface area is 199 Å². The van der Waals surface area contributed by atoms with Crippen molar-refractivity contribution in [2.45, 2.75) is 18.0 Å². The van der Waals surface area contributed by atoms with E-state index in [1.165, 1.54) is 11.8 Å². The Morgan fingerprint density at radius 2 is 1.97 bits per heavy atom. The van der Waals surface area contributed by atoms with E-state index in [1.807, 2.05) is 11.6 Å². The van der Waals surface area contributed by atoms with E-state index in [4.69, 9.17) is 33.7 Å². The molecule has 0 spiro atoms. The van der Waals surface area contributed by atoms with Gasteiger partial charge in [-0.05, 0) is 36.8 Å². The molecule has 3 rings (SSSR count). The summed E-state index contributed by atoms with van der Waals surface area (Å²) in [6.45, 7) is 0.457. The van der Waals surface area contributed by atoms with Gasteiger partial charge in [0.05, 0.1) is 28.6 Å². The number of nitrogens with one attached hydrogen (secondary N) is 1. The van der Waals surface area contributed by atoms with Crippen molar-refractivity contribution in [1.29, 1.82) is 0 Å². The Bertz CT molecular complexity index is 1120. The molecule has 1 heterocycles. The summed E-state index contributed by atoms with van der Waals surface area (Å²) in [7, 11) is 1.84. The highest BCUT2D eigenvalue weighted by molar-refractivity contribution is 7.99. The minimum atomic E-state index is -0.603. The van der Waals surface area contributed by atoms with Crippen molar-refractivity contribution in [3.63, 3.8) is 0 Å². The molecule has 0 saturated carbocycles. The van der Waals surface area contributed by atoms with Gasteiger partial charge < -0.3 is 20.4 Å². The second-order valence-corrected chi connectivity index (χ2v) is 8.52. The average molecular weight is 494 g/mol. The molecule has 0 aliphatic rings. The summed E-state index contributed by atoms with van der Waals surface area (Å²) >= 11 is 13.2. The van der Waals surface area contributed by atoms with E-state index < -0.39 is 5.91 Å². The van der Waals surface area contributed by atoms with E-state index in [-0.39, 0.29) is 17.2 Å². The average Bonchev–Trinajstić information content (AvgIpc) is 3.10. The smallest absolute Gasteiger partial charge is 0.250 e. The van der Waals surface area contributed by atoms with Gasteiger partial charge in [-0.1, -0.05) is 47.1 Å². The van der Waals surface area contributed by atoms with Gasteiger partial charge in [-0.25, -0.2) is 0 Å². The van der Waals surface area contributed by atoms with Crippen LogP contribution in [-0.2, 0) is 18.3 Å². The Morgan fingerprint density at radius 3 is 2.72 bits per heavy atom. The first-order chi connectivity index (χ1) is 15.3. The van der Waals surface area contributed by atoms with Crippen molar-refractivity contribution < 1.29 is 14.3 Å². The first-order valence-electron chi connectivity index (χ1n) is 9.62. The molecule has 0 bridgehead atoms. The van der Waals surface area contributed by atoms with Crippen LogP contribution >= 0.6 is 35.0 Å². The van der Waals surface area contributed by atoms with Crippen LogP contribution in [0.4, 0.5) is 5.69 Å². The molecule has 168 valence electrons. The van der Waals surface area contributed by atoms with E-state index in [0.717, 1.165) is 5.82 Å². The fraction of sp³-hybridized carbons (Fsp3) is 0.238. The molecule has 3 N–H and O–H groups in total. The Balaban J connectivity index is 1.47. The predicted molar refractivity (Wildman–Crippen MR) is 126 cm³/mol. The molecule has 0 atom stereocenters. The summed E-state index contributed by atoms with van der Waals surface area (Å²) in [5, 5.41) is 12.7. The molecule has 0 saturated heterocycles. The zero-order valence-electron chi connectivity index (χ0n) is 17.2. The second kappa shape index (κ2) is 11.2. The number of nitrogens with two attached hydrogens (primary N) is 1. The SMILES string of the molecule is Cn1c(CCCOc2ccc(Cl)cc2Cl)nnc1SCC(=O)Nc1ccccc1C(N)=O. The molecule has 1 aromatic heterocycles. The lowest BCUT2D eigenvalue weighted by Crippen LogP contribution is -2.19. The lowest BCUT2D eigenvalue weighted by Gasteiger charge is -2.09. The molecule has 8 nitrogen and oxygen atoms in total. The number of thioether (sulfide) groups is 1. The molecule has 0 unspecified atom stereocenters. The maximum Gasteiger partial charge on any atom is 0.250 e. The quantitative estimate of drug-likeness (QED) is 0.326. The van der Waals surface area contributed by atoms with Crippen LogP contribution in [0.15, 0.2) is 47.6 Å². The lowest BCUT2D eigenvalue weighted by molar-refractivity contribution is -0.113. The molecular weight excluding hydrogens is 473 g/mol. The zero-order chi connectivity index (χ0) is 23.1. The molecule has 2 aromatic carbocycles. The number of rotatable bonds is 10. The van der Waals surface area contributed by atoms with Crippen molar-refractivity contribution in [2.75, 3.05) is 17.7 Å². The molecule has 32 heavy (non-hydrogen) atoms. The Morgan fingerprint density at radius 1 is 1.19 bits per heavy atom. The summed E-state index contributed by atoms with van der Waals surface area (Å²) in [4.78, 5) is 23.8. The number of carbonyl (C=O) groups is 2. The maximum atomic E-state index is 12.3. The first kappa shape index (κ1) is 23.9. The number of hydrogen-bond acceptors (Lipinski definition) is 6. The minimum Gasteiger partial charge on any atom is -0.492 e. The van der Waals surface area contributed by atoms with E-state index in [0.29, 0.717) is 46.1 Å². The highest BCUT2D eigenvalue weighted by Gasteiger charge is 2.14. The number of benzene rings is 2. The molecular formula is C21H21Cl2N5O3S. The Hall–Kier alpha value is -2.75. The van der Waals surface area contributed by atoms with Crippen LogP contribution < -0.4 is 15.8 Å². The summed E-state index contributed by atoms with van der Waals surface area (Å²) < 4.78 is 7.52. The molecule has 0 aliphatic carbocycles. The van der Waals surface area contributed by atoms with Gasteiger partial charge in [0, 0.05) is 18.5 Å². The predicted octanol–water partition coefficient (Wildman–Crippen LogP) is 3.96. The van der Waals surface area contributed by atoms with Crippen LogP contribution in [-0.4, -0.2) is 38.9 Å². The van der Waals surface area contributed by atoms with Gasteiger partial charge in [0.15, 0.2) is 5.16 Å². The largest absolute Gasteiger partial charge is 0.492 e. The molecule has 3 aromatic rings. The fourth-order valence-corrected chi connectivity index (χ4v) is 4.01. The van der Waals surface area contributed by atoms with Crippen LogP contribution in [0.3, 0.4) is 0 Å². The minimum absolute atomic E-state index is 0.108. The Kier molecular flexibility index (Phi) is 8.38. The highest BCUT2D eigenvalue weighted by atomic mass is 35.5. The van der Waals surface area contributed by atoms with Crippen LogP contribution in [0.5, 0.6) is 5.75 Å². The topological polar surface area (TPSA) is 112 Å². The third-order valence-electron chi connectivity index (χ3n) is 4.42. The third-order valence-corrected chi connectivity index (χ3v) is 5.97. The van der Waals surface area contributed by atoms with Gasteiger partial charge in [0.25, 0.3) is 5.91 Å². The van der Waals surface area contributed by atoms with Crippen molar-refractivity contribution >= 4 is 52.5 Å². The monoisotopic (exact) mass is 493 g/mol. The van der Waals surface area contributed by atoms with Gasteiger partial charge in [0.1, 0.15) is 11.6 Å². The van der Waals surface area contributed by atoms with Crippen LogP contribution in [0.2, 0.25) is 10.0 Å². The molecule has 2 amide bonds. The number of para-hydroxylation sites is 1. The lowest BCUT2D eigenvalue weighted by atomic mass is 10.1. The van der Waals surface area contributed by atoms with Crippen molar-refractivity contribution in [1.82, 2.24) is 14.8 Å². The number of amides is 2. The number of hydrogen-bond donors (Lipinski definition) is 2. The fourth-order valence-electron chi connectivity index (χ4n) is 2.82. The van der Waals surface area contributed by atoms with E-state index >= 15 is 0 Å². The van der Waals surface area contributed by atoms with Gasteiger partial charge in [-0.3, -0.25) is 9.59 Å². The number of primary amides is 1. The molecule has 11 heteroatoms. The summed E-state index contributed by atoms with van der Waals surface area (Å²) in [6.07, 6.45) is 1.35. The number of carbonyl (C=O) groups excluding carboxylic acids is 2. The van der Waals surface area contributed by atoms with Crippen LogP contribution in [0, 0.1) is 0 Å². The number of aromatic nitrogens is 3. The number of nitrogens with zero attached hydrogens (tertiary/aromatic N) is 3. The summed E-state index contributed by atoms with van der Waals surface area (Å²) in [6, 6.07) is 11.7. The van der Waals surface area contributed by atoms with E-state index in [1.54, 1.807) is 42.5 Å². The second-order valence-electron chi connectivity index (χ2n) is 6.73. The highest BCUT2D eigenvalue weighted by Crippen LogP contribution is 2.27. The van der Waals surface area contributed by atoms with E-state index in [9.17, 15) is 9.59 Å². The number of halogens is 2. The van der Waals surface area contributed by atoms with Crippen molar-refractivity contribution in [3.05, 3.63) is 63.9 Å². The number of ether oxygens (including phenoxy) is 1. The maximum absolute atomic E-state index is 12.3. The van der Waals surface area contributed by atoms with Crippen molar-refractivity contribution in [3.8, 4) is 5.75 Å². The van der Waals surface area contributed by atoms with Gasteiger partial charge in [0.2, 0.25) is 5.91 Å². The number of aryl methyl sites for hydroxylation is 1. The van der Waals surface area contributed by atoms with Crippen LogP contribution in [0.1, 0.15) is 22.6 Å². The summed E-state index contributed by atoms with van der Waals surface area (Å²) in [5.74, 6) is 0.583. The molecule has 0 aliphatic heterocycles. The first-order valence-corrected chi connectivity index (χ1v) is 11.4. The molecule has 0 radical (unpaired) electrons. The van der Waals surface area contributed by atoms with Gasteiger partial charge in [-0.2, -0.15) is 0 Å². The van der Waals surface area contributed by atoms with Crippen LogP contribution in [0.25, 0.3) is 0 Å². The van der Waals surface area contributed by atoms with Gasteiger partial charge >= 0.3 is 0 Å². The number of anilines is 1. The normalized spacial score (nSPS) is 10.7. The van der Waals surface area contributed by atoms with E-state index in [2.05, 4.69) is 15.5 Å². The zero-order valence-corrected chi connectivity index (χ0v) is 19.5.